The molecule has 3 aromatic carbocycles. The Morgan fingerprint density at radius 1 is 0.613 bits per heavy atom. The van der Waals surface area contributed by atoms with Crippen LogP contribution in [0.25, 0.3) is 0 Å². The largest absolute Gasteiger partial charge is 0.507 e. The van der Waals surface area contributed by atoms with Gasteiger partial charge in [0.1, 0.15) is 5.75 Å². The molecule has 0 amide bonds. The highest BCUT2D eigenvalue weighted by Crippen LogP contribution is 2.39. The van der Waals surface area contributed by atoms with E-state index < -0.39 is 8.56 Å². The van der Waals surface area contributed by atoms with E-state index in [2.05, 4.69) is 60.6 Å². The highest BCUT2D eigenvalue weighted by molar-refractivity contribution is 6.90. The number of phenolic OH excluding ortho intramolecular Hbond substituents is 1. The van der Waals surface area contributed by atoms with E-state index in [1.54, 1.807) is 24.3 Å². The first kappa shape index (κ1) is 24.9. The molecule has 0 aliphatic carbocycles. The normalized spacial score (nSPS) is 12.2. The maximum atomic E-state index is 10.4. The smallest absolute Gasteiger partial charge is 0.401 e. The van der Waals surface area contributed by atoms with Crippen molar-refractivity contribution in [1.82, 2.24) is 0 Å². The Labute approximate surface area is 188 Å². The Morgan fingerprint density at radius 2 is 0.935 bits per heavy atom. The quantitative estimate of drug-likeness (QED) is 0.518. The fraction of sp³-hybridized carbons (Fsp3) is 0.333. The molecule has 0 unspecified atom stereocenters. The van der Waals surface area contributed by atoms with Crippen LogP contribution in [-0.2, 0) is 10.8 Å². The molecule has 0 aliphatic heterocycles. The monoisotopic (exact) mass is 436 g/mol. The molecule has 4 heteroatoms. The van der Waals surface area contributed by atoms with Crippen LogP contribution < -0.4 is 10.4 Å². The first-order valence-corrected chi connectivity index (χ1v) is 12.5. The molecule has 0 fully saturated rings. The summed E-state index contributed by atoms with van der Waals surface area (Å²) >= 11 is 0. The van der Waals surface area contributed by atoms with Crippen molar-refractivity contribution in [3.8, 4) is 5.75 Å². The van der Waals surface area contributed by atoms with Crippen LogP contribution >= 0.6 is 0 Å². The fourth-order valence-corrected chi connectivity index (χ4v) is 5.08. The van der Waals surface area contributed by atoms with E-state index in [0.717, 1.165) is 11.1 Å². The lowest BCUT2D eigenvalue weighted by molar-refractivity contribution is 0.401. The molecule has 0 saturated heterocycles. The SMILES string of the molecule is Cc1cc(C(C)(C)C)c(O)c(C(C)(C)C)c1.O[Si](O)(c1ccccc1)c1ccccc1. The van der Waals surface area contributed by atoms with Gasteiger partial charge in [-0.2, -0.15) is 0 Å². The topological polar surface area (TPSA) is 60.7 Å². The van der Waals surface area contributed by atoms with Crippen LogP contribution in [0.1, 0.15) is 58.2 Å². The Kier molecular flexibility index (Phi) is 7.53. The number of hydrogen-bond donors (Lipinski definition) is 3. The van der Waals surface area contributed by atoms with Gasteiger partial charge in [-0.1, -0.05) is 120 Å². The van der Waals surface area contributed by atoms with Crippen molar-refractivity contribution in [3.63, 3.8) is 0 Å². The van der Waals surface area contributed by atoms with E-state index in [1.165, 1.54) is 5.56 Å². The summed E-state index contributed by atoms with van der Waals surface area (Å²) in [6.07, 6.45) is 0. The maximum Gasteiger partial charge on any atom is 0.401 e. The van der Waals surface area contributed by atoms with Gasteiger partial charge in [0.25, 0.3) is 0 Å². The average molecular weight is 437 g/mol. The lowest BCUT2D eigenvalue weighted by Gasteiger charge is -2.27. The van der Waals surface area contributed by atoms with Crippen molar-refractivity contribution >= 4 is 18.9 Å². The van der Waals surface area contributed by atoms with Gasteiger partial charge in [-0.05, 0) is 39.3 Å². The van der Waals surface area contributed by atoms with Crippen LogP contribution in [0.15, 0.2) is 72.8 Å². The van der Waals surface area contributed by atoms with Gasteiger partial charge >= 0.3 is 8.56 Å². The van der Waals surface area contributed by atoms with Crippen molar-refractivity contribution < 1.29 is 14.7 Å². The van der Waals surface area contributed by atoms with Gasteiger partial charge in [-0.3, -0.25) is 0 Å². The number of rotatable bonds is 2. The van der Waals surface area contributed by atoms with Gasteiger partial charge in [-0.15, -0.1) is 0 Å². The van der Waals surface area contributed by atoms with Gasteiger partial charge in [0, 0.05) is 0 Å². The van der Waals surface area contributed by atoms with E-state index in [1.807, 2.05) is 36.4 Å². The molecule has 166 valence electrons. The highest BCUT2D eigenvalue weighted by Gasteiger charge is 2.34. The summed E-state index contributed by atoms with van der Waals surface area (Å²) in [6, 6.07) is 22.1. The van der Waals surface area contributed by atoms with Crippen molar-refractivity contribution in [3.05, 3.63) is 89.5 Å². The first-order valence-electron chi connectivity index (χ1n) is 10.6. The lowest BCUT2D eigenvalue weighted by atomic mass is 9.78. The van der Waals surface area contributed by atoms with Crippen LogP contribution in [0.4, 0.5) is 0 Å². The summed E-state index contributed by atoms with van der Waals surface area (Å²) in [5.41, 5.74) is 3.26. The molecule has 0 saturated carbocycles. The number of aromatic hydroxyl groups is 1. The minimum absolute atomic E-state index is 0.0178. The molecule has 3 rings (SSSR count). The van der Waals surface area contributed by atoms with Crippen LogP contribution in [0.2, 0.25) is 0 Å². The van der Waals surface area contributed by atoms with E-state index in [0.29, 0.717) is 16.1 Å². The number of aryl methyl sites for hydroxylation is 1. The minimum atomic E-state index is -3.46. The van der Waals surface area contributed by atoms with E-state index in [4.69, 9.17) is 0 Å². The molecule has 0 heterocycles. The predicted molar refractivity (Wildman–Crippen MR) is 133 cm³/mol. The Hall–Kier alpha value is -2.40. The molecule has 3 aromatic rings. The Bertz CT molecular complexity index is 906. The van der Waals surface area contributed by atoms with Crippen LogP contribution in [0, 0.1) is 6.92 Å². The molecule has 0 spiro atoms. The predicted octanol–water partition coefficient (Wildman–Crippen LogP) is 4.52. The van der Waals surface area contributed by atoms with Gasteiger partial charge in [-0.25, -0.2) is 0 Å². The molecular weight excluding hydrogens is 400 g/mol. The zero-order valence-corrected chi connectivity index (χ0v) is 20.8. The molecule has 0 atom stereocenters. The van der Waals surface area contributed by atoms with Gasteiger partial charge < -0.3 is 14.7 Å². The van der Waals surface area contributed by atoms with Gasteiger partial charge in [0.2, 0.25) is 0 Å². The van der Waals surface area contributed by atoms with Crippen LogP contribution in [0.3, 0.4) is 0 Å². The van der Waals surface area contributed by atoms with Gasteiger partial charge in [0.15, 0.2) is 0 Å². The number of phenols is 1. The highest BCUT2D eigenvalue weighted by atomic mass is 28.4. The number of benzene rings is 3. The summed E-state index contributed by atoms with van der Waals surface area (Å²) in [7, 11) is -3.46. The van der Waals surface area contributed by atoms with Crippen molar-refractivity contribution in [1.29, 1.82) is 0 Å². The molecule has 0 aromatic heterocycles. The summed E-state index contributed by atoms with van der Waals surface area (Å²) < 4.78 is 0. The molecule has 0 bridgehead atoms. The second kappa shape index (κ2) is 9.39. The molecule has 0 radical (unpaired) electrons. The second-order valence-corrected chi connectivity index (χ2v) is 12.6. The first-order chi connectivity index (χ1) is 14.2. The molecule has 3 N–H and O–H groups in total. The third kappa shape index (κ3) is 6.29. The van der Waals surface area contributed by atoms with Crippen molar-refractivity contribution in [2.24, 2.45) is 0 Å². The molecule has 0 aliphatic rings. The number of hydrogen-bond acceptors (Lipinski definition) is 3. The van der Waals surface area contributed by atoms with Crippen molar-refractivity contribution in [2.45, 2.75) is 59.3 Å². The Balaban J connectivity index is 0.000000220. The van der Waals surface area contributed by atoms with Crippen LogP contribution in [0.5, 0.6) is 5.75 Å². The van der Waals surface area contributed by atoms with Crippen LogP contribution in [-0.4, -0.2) is 23.3 Å². The molecular formula is C27H36O3Si. The lowest BCUT2D eigenvalue weighted by Crippen LogP contribution is -2.59. The summed E-state index contributed by atoms with van der Waals surface area (Å²) in [6.45, 7) is 14.9. The zero-order valence-electron chi connectivity index (χ0n) is 19.8. The summed E-state index contributed by atoms with van der Waals surface area (Å²) in [4.78, 5) is 20.3. The standard InChI is InChI=1S/C15H24O.C12H12O2Si/c1-10-8-11(14(2,3)4)13(16)12(9-10)15(5,6)7;13-15(14,11-7-3-1-4-8-11)12-9-5-2-6-10-12/h8-9,16H,1-7H3;1-10,13-14H. The fourth-order valence-electron chi connectivity index (χ4n) is 3.43. The second-order valence-electron chi connectivity index (χ2n) is 10.1. The third-order valence-electron chi connectivity index (χ3n) is 5.22. The maximum absolute atomic E-state index is 10.4. The third-order valence-corrected chi connectivity index (χ3v) is 7.50. The minimum Gasteiger partial charge on any atom is -0.507 e. The van der Waals surface area contributed by atoms with E-state index >= 15 is 0 Å². The zero-order chi connectivity index (χ0) is 23.4. The summed E-state index contributed by atoms with van der Waals surface area (Å²) in [5, 5.41) is 11.6. The van der Waals surface area contributed by atoms with E-state index in [-0.39, 0.29) is 10.8 Å². The molecule has 31 heavy (non-hydrogen) atoms. The van der Waals surface area contributed by atoms with E-state index in [9.17, 15) is 14.7 Å². The average Bonchev–Trinajstić information content (AvgIpc) is 2.69. The summed E-state index contributed by atoms with van der Waals surface area (Å²) in [5.74, 6) is 0.464. The van der Waals surface area contributed by atoms with Gasteiger partial charge in [0.05, 0.1) is 0 Å². The Morgan fingerprint density at radius 3 is 1.23 bits per heavy atom. The molecule has 3 nitrogen and oxygen atoms in total. The van der Waals surface area contributed by atoms with Crippen molar-refractivity contribution in [2.75, 3.05) is 0 Å².